The van der Waals surface area contributed by atoms with Gasteiger partial charge in [-0.25, -0.2) is 0 Å². The van der Waals surface area contributed by atoms with Crippen molar-refractivity contribution in [3.63, 3.8) is 0 Å². The fraction of sp³-hybridized carbons (Fsp3) is 0.889. The van der Waals surface area contributed by atoms with Crippen molar-refractivity contribution in [2.24, 2.45) is 11.7 Å². The standard InChI is InChI=1S/C9H18N2O.ClH/c1-8-3-6-11(7-4-8)9(12)2-5-10;/h8H,2-7,10H2,1H3;1H. The van der Waals surface area contributed by atoms with Crippen molar-refractivity contribution in [1.29, 1.82) is 0 Å². The summed E-state index contributed by atoms with van der Waals surface area (Å²) in [6, 6.07) is 0. The molecule has 0 aromatic heterocycles. The van der Waals surface area contributed by atoms with E-state index in [2.05, 4.69) is 6.92 Å². The first kappa shape index (κ1) is 12.7. The van der Waals surface area contributed by atoms with Gasteiger partial charge >= 0.3 is 0 Å². The highest BCUT2D eigenvalue weighted by molar-refractivity contribution is 5.85. The van der Waals surface area contributed by atoms with Gasteiger partial charge < -0.3 is 10.6 Å². The highest BCUT2D eigenvalue weighted by Gasteiger charge is 2.18. The van der Waals surface area contributed by atoms with Crippen LogP contribution < -0.4 is 5.73 Å². The first-order valence-corrected chi connectivity index (χ1v) is 4.72. The van der Waals surface area contributed by atoms with Gasteiger partial charge in [-0.2, -0.15) is 0 Å². The Morgan fingerprint density at radius 3 is 2.46 bits per heavy atom. The van der Waals surface area contributed by atoms with Gasteiger partial charge in [-0.05, 0) is 18.8 Å². The van der Waals surface area contributed by atoms with Crippen LogP contribution in [0.15, 0.2) is 0 Å². The smallest absolute Gasteiger partial charge is 0.223 e. The van der Waals surface area contributed by atoms with Crippen molar-refractivity contribution in [2.75, 3.05) is 19.6 Å². The van der Waals surface area contributed by atoms with E-state index in [1.165, 1.54) is 0 Å². The molecule has 1 aliphatic heterocycles. The van der Waals surface area contributed by atoms with Gasteiger partial charge in [0.05, 0.1) is 0 Å². The summed E-state index contributed by atoms with van der Waals surface area (Å²) < 4.78 is 0. The molecule has 1 saturated heterocycles. The molecule has 1 amide bonds. The quantitative estimate of drug-likeness (QED) is 0.733. The lowest BCUT2D eigenvalue weighted by Crippen LogP contribution is -2.38. The number of piperidine rings is 1. The van der Waals surface area contributed by atoms with Gasteiger partial charge in [-0.15, -0.1) is 12.4 Å². The third-order valence-corrected chi connectivity index (χ3v) is 2.49. The normalized spacial score (nSPS) is 18.2. The molecule has 78 valence electrons. The Labute approximate surface area is 86.1 Å². The third-order valence-electron chi connectivity index (χ3n) is 2.49. The van der Waals surface area contributed by atoms with Crippen molar-refractivity contribution in [3.8, 4) is 0 Å². The lowest BCUT2D eigenvalue weighted by atomic mass is 9.99. The molecular formula is C9H19ClN2O. The van der Waals surface area contributed by atoms with Crippen LogP contribution in [0, 0.1) is 5.92 Å². The molecule has 4 heteroatoms. The van der Waals surface area contributed by atoms with Gasteiger partial charge in [0.25, 0.3) is 0 Å². The summed E-state index contributed by atoms with van der Waals surface area (Å²) in [5.41, 5.74) is 5.32. The summed E-state index contributed by atoms with van der Waals surface area (Å²) in [4.78, 5) is 13.3. The summed E-state index contributed by atoms with van der Waals surface area (Å²) in [5.74, 6) is 1.01. The average Bonchev–Trinajstić information content (AvgIpc) is 2.06. The summed E-state index contributed by atoms with van der Waals surface area (Å²) in [7, 11) is 0. The zero-order chi connectivity index (χ0) is 8.97. The van der Waals surface area contributed by atoms with Gasteiger partial charge in [0.15, 0.2) is 0 Å². The van der Waals surface area contributed by atoms with E-state index in [-0.39, 0.29) is 18.3 Å². The number of nitrogens with two attached hydrogens (primary N) is 1. The number of carbonyl (C=O) groups is 1. The molecule has 0 atom stereocenters. The van der Waals surface area contributed by atoms with Gasteiger partial charge in [0.1, 0.15) is 0 Å². The maximum Gasteiger partial charge on any atom is 0.223 e. The predicted octanol–water partition coefficient (Wildman–Crippen LogP) is 1.02. The van der Waals surface area contributed by atoms with E-state index in [1.54, 1.807) is 0 Å². The number of rotatable bonds is 2. The molecule has 0 radical (unpaired) electrons. The Morgan fingerprint density at radius 2 is 2.00 bits per heavy atom. The minimum Gasteiger partial charge on any atom is -0.343 e. The van der Waals surface area contributed by atoms with Crippen LogP contribution >= 0.6 is 12.4 Å². The van der Waals surface area contributed by atoms with Gasteiger partial charge in [0.2, 0.25) is 5.91 Å². The van der Waals surface area contributed by atoms with E-state index in [0.717, 1.165) is 31.8 Å². The third kappa shape index (κ3) is 3.96. The average molecular weight is 207 g/mol. The van der Waals surface area contributed by atoms with E-state index in [9.17, 15) is 4.79 Å². The van der Waals surface area contributed by atoms with Crippen LogP contribution in [0.1, 0.15) is 26.2 Å². The summed E-state index contributed by atoms with van der Waals surface area (Å²) in [6.07, 6.45) is 2.81. The molecule has 2 N–H and O–H groups in total. The second kappa shape index (κ2) is 6.22. The largest absolute Gasteiger partial charge is 0.343 e. The molecule has 0 aromatic rings. The number of hydrogen-bond donors (Lipinski definition) is 1. The molecule has 0 saturated carbocycles. The molecule has 1 fully saturated rings. The van der Waals surface area contributed by atoms with Crippen molar-refractivity contribution in [2.45, 2.75) is 26.2 Å². The van der Waals surface area contributed by atoms with E-state index in [1.807, 2.05) is 4.90 Å². The van der Waals surface area contributed by atoms with Crippen LogP contribution in [0.4, 0.5) is 0 Å². The molecule has 0 bridgehead atoms. The Bertz CT molecular complexity index is 156. The number of carbonyl (C=O) groups excluding carboxylic acids is 1. The Kier molecular flexibility index (Phi) is 6.08. The lowest BCUT2D eigenvalue weighted by molar-refractivity contribution is -0.132. The number of likely N-dealkylation sites (tertiary alicyclic amines) is 1. The SMILES string of the molecule is CC1CCN(C(=O)CCN)CC1.Cl. The molecule has 1 heterocycles. The number of halogens is 1. The lowest BCUT2D eigenvalue weighted by Gasteiger charge is -2.30. The zero-order valence-electron chi connectivity index (χ0n) is 8.16. The molecule has 0 aromatic carbocycles. The molecular weight excluding hydrogens is 188 g/mol. The van der Waals surface area contributed by atoms with Crippen LogP contribution in [0.5, 0.6) is 0 Å². The van der Waals surface area contributed by atoms with Gasteiger partial charge in [-0.3, -0.25) is 4.79 Å². The zero-order valence-corrected chi connectivity index (χ0v) is 8.98. The molecule has 13 heavy (non-hydrogen) atoms. The van der Waals surface area contributed by atoms with Crippen LogP contribution in [0.2, 0.25) is 0 Å². The Hall–Kier alpha value is -0.280. The molecule has 3 nitrogen and oxygen atoms in total. The van der Waals surface area contributed by atoms with Crippen LogP contribution in [0.3, 0.4) is 0 Å². The molecule has 1 aliphatic rings. The molecule has 0 unspecified atom stereocenters. The fourth-order valence-electron chi connectivity index (χ4n) is 1.54. The first-order valence-electron chi connectivity index (χ1n) is 4.72. The van der Waals surface area contributed by atoms with Gasteiger partial charge in [-0.1, -0.05) is 6.92 Å². The highest BCUT2D eigenvalue weighted by Crippen LogP contribution is 2.16. The van der Waals surface area contributed by atoms with Crippen molar-refractivity contribution in [1.82, 2.24) is 4.90 Å². The maximum absolute atomic E-state index is 11.4. The summed E-state index contributed by atoms with van der Waals surface area (Å²) in [5, 5.41) is 0. The van der Waals surface area contributed by atoms with Crippen molar-refractivity contribution < 1.29 is 4.79 Å². The number of amides is 1. The highest BCUT2D eigenvalue weighted by atomic mass is 35.5. The summed E-state index contributed by atoms with van der Waals surface area (Å²) >= 11 is 0. The minimum atomic E-state index is 0. The number of nitrogens with zero attached hydrogens (tertiary/aromatic N) is 1. The van der Waals surface area contributed by atoms with Crippen LogP contribution in [0.25, 0.3) is 0 Å². The second-order valence-corrected chi connectivity index (χ2v) is 3.60. The Morgan fingerprint density at radius 1 is 1.46 bits per heavy atom. The van der Waals surface area contributed by atoms with E-state index >= 15 is 0 Å². The van der Waals surface area contributed by atoms with E-state index in [0.29, 0.717) is 13.0 Å². The monoisotopic (exact) mass is 206 g/mol. The second-order valence-electron chi connectivity index (χ2n) is 3.60. The summed E-state index contributed by atoms with van der Waals surface area (Å²) in [6.45, 7) is 4.58. The Balaban J connectivity index is 0.00000144. The molecule has 1 rings (SSSR count). The maximum atomic E-state index is 11.4. The first-order chi connectivity index (χ1) is 5.74. The van der Waals surface area contributed by atoms with Crippen LogP contribution in [-0.2, 0) is 4.79 Å². The van der Waals surface area contributed by atoms with E-state index < -0.39 is 0 Å². The number of hydrogen-bond acceptors (Lipinski definition) is 2. The van der Waals surface area contributed by atoms with E-state index in [4.69, 9.17) is 5.73 Å². The molecule has 0 aliphatic carbocycles. The topological polar surface area (TPSA) is 46.3 Å². The fourth-order valence-corrected chi connectivity index (χ4v) is 1.54. The van der Waals surface area contributed by atoms with Crippen LogP contribution in [-0.4, -0.2) is 30.4 Å². The minimum absolute atomic E-state index is 0. The van der Waals surface area contributed by atoms with Gasteiger partial charge in [0, 0.05) is 26.1 Å². The molecule has 0 spiro atoms. The van der Waals surface area contributed by atoms with Crippen molar-refractivity contribution in [3.05, 3.63) is 0 Å². The van der Waals surface area contributed by atoms with Crippen molar-refractivity contribution >= 4 is 18.3 Å². The predicted molar refractivity (Wildman–Crippen MR) is 55.9 cm³/mol.